The summed E-state index contributed by atoms with van der Waals surface area (Å²) in [5.41, 5.74) is 0.372. The van der Waals surface area contributed by atoms with Crippen molar-refractivity contribution in [1.29, 1.82) is 0 Å². The molecule has 4 unspecified atom stereocenters. The van der Waals surface area contributed by atoms with Crippen LogP contribution < -0.4 is 5.32 Å². The lowest BCUT2D eigenvalue weighted by Crippen LogP contribution is -2.56. The van der Waals surface area contributed by atoms with Crippen LogP contribution in [0.5, 0.6) is 0 Å². The van der Waals surface area contributed by atoms with Crippen LogP contribution in [0.2, 0.25) is 0 Å². The van der Waals surface area contributed by atoms with Gasteiger partial charge in [0.15, 0.2) is 0 Å². The molecule has 148 valence electrons. The van der Waals surface area contributed by atoms with Crippen LogP contribution in [0.15, 0.2) is 18.6 Å². The van der Waals surface area contributed by atoms with Gasteiger partial charge in [-0.2, -0.15) is 0 Å². The first-order valence-electron chi connectivity index (χ1n) is 10.1. The molecule has 1 N–H and O–H groups in total. The van der Waals surface area contributed by atoms with Crippen LogP contribution in [-0.4, -0.2) is 69.8 Å². The number of nitrogens with zero attached hydrogens (tertiary/aromatic N) is 4. The van der Waals surface area contributed by atoms with E-state index < -0.39 is 0 Å². The summed E-state index contributed by atoms with van der Waals surface area (Å²) in [6.45, 7) is 9.07. The average Bonchev–Trinajstić information content (AvgIpc) is 2.71. The Balaban J connectivity index is 1.50. The maximum atomic E-state index is 12.7. The molecule has 27 heavy (non-hydrogen) atoms. The predicted molar refractivity (Wildman–Crippen MR) is 103 cm³/mol. The quantitative estimate of drug-likeness (QED) is 0.867. The van der Waals surface area contributed by atoms with E-state index in [1.54, 1.807) is 11.1 Å². The Morgan fingerprint density at radius 3 is 2.56 bits per heavy atom. The molecule has 0 aromatic carbocycles. The molecule has 1 aromatic rings. The minimum absolute atomic E-state index is 0.0927. The number of nitrogens with one attached hydrogen (secondary N) is 1. The second-order valence-corrected chi connectivity index (χ2v) is 7.98. The van der Waals surface area contributed by atoms with Gasteiger partial charge in [0, 0.05) is 44.6 Å². The summed E-state index contributed by atoms with van der Waals surface area (Å²) in [4.78, 5) is 37.2. The van der Waals surface area contributed by atoms with Gasteiger partial charge in [-0.1, -0.05) is 26.7 Å². The monoisotopic (exact) mass is 373 g/mol. The van der Waals surface area contributed by atoms with E-state index in [0.717, 1.165) is 6.42 Å². The van der Waals surface area contributed by atoms with Gasteiger partial charge in [0.25, 0.3) is 5.91 Å². The molecule has 1 aliphatic carbocycles. The van der Waals surface area contributed by atoms with E-state index in [1.165, 1.54) is 25.2 Å². The van der Waals surface area contributed by atoms with Crippen LogP contribution in [0.1, 0.15) is 50.5 Å². The normalized spacial score (nSPS) is 27.8. The lowest BCUT2D eigenvalue weighted by molar-refractivity contribution is -0.127. The van der Waals surface area contributed by atoms with Crippen molar-refractivity contribution in [3.05, 3.63) is 24.3 Å². The van der Waals surface area contributed by atoms with Gasteiger partial charge in [0.1, 0.15) is 5.69 Å². The van der Waals surface area contributed by atoms with Gasteiger partial charge in [0.05, 0.1) is 12.2 Å². The maximum absolute atomic E-state index is 12.7. The van der Waals surface area contributed by atoms with Gasteiger partial charge in [-0.15, -0.1) is 0 Å². The SMILES string of the molecule is CC1CCCC(NC(=O)C(C)N2CCN(C(=O)c3cnccn3)CC2)C1C. The van der Waals surface area contributed by atoms with Crippen LogP contribution in [-0.2, 0) is 4.79 Å². The number of hydrogen-bond acceptors (Lipinski definition) is 5. The number of carbonyl (C=O) groups excluding carboxylic acids is 2. The van der Waals surface area contributed by atoms with Gasteiger partial charge >= 0.3 is 0 Å². The Hall–Kier alpha value is -2.02. The molecule has 0 radical (unpaired) electrons. The zero-order chi connectivity index (χ0) is 19.4. The Bertz CT molecular complexity index is 645. The Morgan fingerprint density at radius 1 is 1.15 bits per heavy atom. The van der Waals surface area contributed by atoms with Crippen molar-refractivity contribution < 1.29 is 9.59 Å². The summed E-state index contributed by atoms with van der Waals surface area (Å²) < 4.78 is 0. The van der Waals surface area contributed by atoms with Crippen LogP contribution in [0, 0.1) is 11.8 Å². The van der Waals surface area contributed by atoms with Crippen LogP contribution in [0.3, 0.4) is 0 Å². The van der Waals surface area contributed by atoms with Crippen molar-refractivity contribution in [3.63, 3.8) is 0 Å². The van der Waals surface area contributed by atoms with E-state index in [2.05, 4.69) is 34.0 Å². The van der Waals surface area contributed by atoms with Gasteiger partial charge in [-0.05, 0) is 25.2 Å². The lowest BCUT2D eigenvalue weighted by atomic mass is 9.78. The van der Waals surface area contributed by atoms with Crippen molar-refractivity contribution in [2.75, 3.05) is 26.2 Å². The molecule has 1 aromatic heterocycles. The third-order valence-corrected chi connectivity index (χ3v) is 6.35. The molecule has 1 saturated carbocycles. The van der Waals surface area contributed by atoms with E-state index in [9.17, 15) is 9.59 Å². The zero-order valence-electron chi connectivity index (χ0n) is 16.6. The molecule has 1 aliphatic heterocycles. The first kappa shape index (κ1) is 19.7. The zero-order valence-corrected chi connectivity index (χ0v) is 16.6. The van der Waals surface area contributed by atoms with E-state index in [1.807, 2.05) is 6.92 Å². The first-order valence-corrected chi connectivity index (χ1v) is 10.1. The predicted octanol–water partition coefficient (Wildman–Crippen LogP) is 1.56. The number of hydrogen-bond donors (Lipinski definition) is 1. The number of aromatic nitrogens is 2. The lowest BCUT2D eigenvalue weighted by Gasteiger charge is -2.39. The van der Waals surface area contributed by atoms with Gasteiger partial charge in [-0.25, -0.2) is 4.98 Å². The largest absolute Gasteiger partial charge is 0.352 e. The van der Waals surface area contributed by atoms with Crippen molar-refractivity contribution >= 4 is 11.8 Å². The molecule has 7 nitrogen and oxygen atoms in total. The molecule has 2 fully saturated rings. The fraction of sp³-hybridized carbons (Fsp3) is 0.700. The van der Waals surface area contributed by atoms with E-state index >= 15 is 0 Å². The Morgan fingerprint density at radius 2 is 1.89 bits per heavy atom. The van der Waals surface area contributed by atoms with Crippen molar-refractivity contribution in [3.8, 4) is 0 Å². The first-order chi connectivity index (χ1) is 13.0. The highest BCUT2D eigenvalue weighted by Crippen LogP contribution is 2.29. The fourth-order valence-electron chi connectivity index (χ4n) is 4.14. The summed E-state index contributed by atoms with van der Waals surface area (Å²) >= 11 is 0. The molecule has 4 atom stereocenters. The standard InChI is InChI=1S/C20H31N5O2/c1-14-5-4-6-17(15(14)2)23-19(26)16(3)24-9-11-25(12-10-24)20(27)18-13-21-7-8-22-18/h7-8,13-17H,4-6,9-12H2,1-3H3,(H,23,26). The Labute approximate surface area is 161 Å². The number of piperazine rings is 1. The number of rotatable bonds is 4. The van der Waals surface area contributed by atoms with Gasteiger partial charge < -0.3 is 10.2 Å². The molecule has 2 heterocycles. The fourth-order valence-corrected chi connectivity index (χ4v) is 4.14. The third kappa shape index (κ3) is 4.64. The highest BCUT2D eigenvalue weighted by molar-refractivity contribution is 5.92. The highest BCUT2D eigenvalue weighted by Gasteiger charge is 2.32. The van der Waals surface area contributed by atoms with Gasteiger partial charge in [0.2, 0.25) is 5.91 Å². The Kier molecular flexibility index (Phi) is 6.42. The second-order valence-electron chi connectivity index (χ2n) is 7.98. The minimum Gasteiger partial charge on any atom is -0.352 e. The minimum atomic E-state index is -0.178. The molecule has 0 spiro atoms. The van der Waals surface area contributed by atoms with Crippen LogP contribution in [0.4, 0.5) is 0 Å². The summed E-state index contributed by atoms with van der Waals surface area (Å²) in [6.07, 6.45) is 8.10. The van der Waals surface area contributed by atoms with E-state index in [-0.39, 0.29) is 23.9 Å². The van der Waals surface area contributed by atoms with Crippen LogP contribution in [0.25, 0.3) is 0 Å². The van der Waals surface area contributed by atoms with Crippen molar-refractivity contribution in [2.24, 2.45) is 11.8 Å². The molecule has 7 heteroatoms. The molecular weight excluding hydrogens is 342 g/mol. The summed E-state index contributed by atoms with van der Waals surface area (Å²) in [7, 11) is 0. The van der Waals surface area contributed by atoms with E-state index in [0.29, 0.717) is 43.7 Å². The maximum Gasteiger partial charge on any atom is 0.274 e. The highest BCUT2D eigenvalue weighted by atomic mass is 16.2. The molecule has 2 aliphatic rings. The summed E-state index contributed by atoms with van der Waals surface area (Å²) in [5.74, 6) is 1.20. The van der Waals surface area contributed by atoms with E-state index in [4.69, 9.17) is 0 Å². The molecule has 2 amide bonds. The smallest absolute Gasteiger partial charge is 0.274 e. The topological polar surface area (TPSA) is 78.4 Å². The van der Waals surface area contributed by atoms with Crippen molar-refractivity contribution in [2.45, 2.75) is 52.1 Å². The third-order valence-electron chi connectivity index (χ3n) is 6.35. The molecule has 0 bridgehead atoms. The summed E-state index contributed by atoms with van der Waals surface area (Å²) in [5, 5.41) is 3.28. The summed E-state index contributed by atoms with van der Waals surface area (Å²) in [6, 6.07) is 0.103. The second kappa shape index (κ2) is 8.78. The van der Waals surface area contributed by atoms with Crippen LogP contribution >= 0.6 is 0 Å². The average molecular weight is 374 g/mol. The van der Waals surface area contributed by atoms with Crippen molar-refractivity contribution in [1.82, 2.24) is 25.1 Å². The molecular formula is C20H31N5O2. The number of carbonyl (C=O) groups is 2. The van der Waals surface area contributed by atoms with Gasteiger partial charge in [-0.3, -0.25) is 19.5 Å². The molecule has 3 rings (SSSR count). The molecule has 1 saturated heterocycles. The number of amides is 2.